The standard InChI is InChI=1S/C20H31NS2/c1-18(2)17-21(22(3,4)19-13-9-7-10-14-19)23(5,6)20-15-11-8-12-16-20/h7-16,18H,17H2,1-6H3. The number of hydrogen-bond acceptors (Lipinski definition) is 1. The molecule has 0 saturated heterocycles. The summed E-state index contributed by atoms with van der Waals surface area (Å²) < 4.78 is 2.81. The van der Waals surface area contributed by atoms with Crippen LogP contribution in [0.4, 0.5) is 0 Å². The molecule has 0 aromatic heterocycles. The minimum absolute atomic E-state index is 0.654. The summed E-state index contributed by atoms with van der Waals surface area (Å²) in [4.78, 5) is 2.94. The van der Waals surface area contributed by atoms with Gasteiger partial charge in [-0.3, -0.25) is 0 Å². The molecule has 0 aliphatic carbocycles. The van der Waals surface area contributed by atoms with Crippen LogP contribution < -0.4 is 0 Å². The predicted molar refractivity (Wildman–Crippen MR) is 110 cm³/mol. The van der Waals surface area contributed by atoms with Crippen LogP contribution in [0, 0.1) is 5.92 Å². The Hall–Kier alpha value is -0.900. The Morgan fingerprint density at radius 2 is 1.04 bits per heavy atom. The topological polar surface area (TPSA) is 3.24 Å². The lowest BCUT2D eigenvalue weighted by Gasteiger charge is -2.55. The Kier molecular flexibility index (Phi) is 5.88. The first-order valence-electron chi connectivity index (χ1n) is 8.11. The van der Waals surface area contributed by atoms with Crippen molar-refractivity contribution in [3.63, 3.8) is 0 Å². The first-order chi connectivity index (χ1) is 10.8. The Morgan fingerprint density at radius 1 is 0.696 bits per heavy atom. The molecule has 0 bridgehead atoms. The molecule has 0 aliphatic heterocycles. The van der Waals surface area contributed by atoms with Crippen molar-refractivity contribution >= 4 is 20.4 Å². The molecule has 1 nitrogen and oxygen atoms in total. The van der Waals surface area contributed by atoms with Gasteiger partial charge in [-0.05, 0) is 55.2 Å². The molecule has 0 aliphatic rings. The summed E-state index contributed by atoms with van der Waals surface area (Å²) >= 11 is 0. The molecular formula is C20H31NS2. The molecule has 0 spiro atoms. The maximum absolute atomic E-state index is 2.81. The molecule has 0 fully saturated rings. The van der Waals surface area contributed by atoms with Crippen molar-refractivity contribution in [1.82, 2.24) is 3.71 Å². The smallest absolute Gasteiger partial charge is 0.0199 e. The molecule has 0 radical (unpaired) electrons. The van der Waals surface area contributed by atoms with Crippen LogP contribution in [0.15, 0.2) is 70.5 Å². The van der Waals surface area contributed by atoms with Crippen molar-refractivity contribution < 1.29 is 0 Å². The lowest BCUT2D eigenvalue weighted by Crippen LogP contribution is -2.33. The van der Waals surface area contributed by atoms with Crippen molar-refractivity contribution in [2.24, 2.45) is 5.92 Å². The predicted octanol–water partition coefficient (Wildman–Crippen LogP) is 6.02. The SMILES string of the molecule is CC(C)CN(S(C)(C)c1ccccc1)S(C)(C)c1ccccc1. The van der Waals surface area contributed by atoms with Gasteiger partial charge in [0.2, 0.25) is 0 Å². The number of rotatable bonds is 6. The van der Waals surface area contributed by atoms with Gasteiger partial charge >= 0.3 is 0 Å². The molecule has 0 heterocycles. The van der Waals surface area contributed by atoms with Crippen molar-refractivity contribution in [3.05, 3.63) is 60.7 Å². The maximum atomic E-state index is 2.81. The molecule has 0 saturated carbocycles. The van der Waals surface area contributed by atoms with Crippen LogP contribution in [-0.4, -0.2) is 35.3 Å². The minimum atomic E-state index is -1.03. The molecule has 128 valence electrons. The third kappa shape index (κ3) is 4.14. The van der Waals surface area contributed by atoms with Crippen LogP contribution in [-0.2, 0) is 0 Å². The van der Waals surface area contributed by atoms with E-state index in [1.807, 2.05) is 0 Å². The van der Waals surface area contributed by atoms with Crippen LogP contribution in [0.1, 0.15) is 13.8 Å². The van der Waals surface area contributed by atoms with Crippen LogP contribution >= 0.6 is 20.4 Å². The number of nitrogens with zero attached hydrogens (tertiary/aromatic N) is 1. The van der Waals surface area contributed by atoms with Gasteiger partial charge in [-0.25, -0.2) is 3.71 Å². The highest BCUT2D eigenvalue weighted by molar-refractivity contribution is 8.44. The normalized spacial score (nSPS) is 14.3. The molecule has 0 atom stereocenters. The zero-order valence-corrected chi connectivity index (χ0v) is 17.0. The fourth-order valence-electron chi connectivity index (χ4n) is 2.88. The highest BCUT2D eigenvalue weighted by atomic mass is 32.3. The van der Waals surface area contributed by atoms with E-state index in [1.54, 1.807) is 0 Å². The first-order valence-corrected chi connectivity index (χ1v) is 12.9. The fraction of sp³-hybridized carbons (Fsp3) is 0.400. The quantitative estimate of drug-likeness (QED) is 0.616. The van der Waals surface area contributed by atoms with Crippen LogP contribution in [0.25, 0.3) is 0 Å². The summed E-state index contributed by atoms with van der Waals surface area (Å²) in [6.45, 7) is 5.79. The summed E-state index contributed by atoms with van der Waals surface area (Å²) in [5.74, 6) is 0.654. The zero-order chi connectivity index (χ0) is 17.1. The molecule has 2 aromatic rings. The summed E-state index contributed by atoms with van der Waals surface area (Å²) in [5.41, 5.74) is 0. The van der Waals surface area contributed by atoms with Gasteiger partial charge in [0.25, 0.3) is 0 Å². The van der Waals surface area contributed by atoms with Crippen LogP contribution in [0.3, 0.4) is 0 Å². The second kappa shape index (κ2) is 7.33. The van der Waals surface area contributed by atoms with Gasteiger partial charge in [0.05, 0.1) is 0 Å². The third-order valence-electron chi connectivity index (χ3n) is 4.17. The van der Waals surface area contributed by atoms with Gasteiger partial charge in [-0.1, -0.05) is 50.2 Å². The van der Waals surface area contributed by atoms with E-state index in [2.05, 4.69) is 103 Å². The van der Waals surface area contributed by atoms with Crippen LogP contribution in [0.2, 0.25) is 0 Å². The monoisotopic (exact) mass is 349 g/mol. The summed E-state index contributed by atoms with van der Waals surface area (Å²) in [7, 11) is -2.06. The Labute approximate surface area is 146 Å². The lowest BCUT2D eigenvalue weighted by molar-refractivity contribution is 0.541. The molecule has 0 unspecified atom stereocenters. The summed E-state index contributed by atoms with van der Waals surface area (Å²) in [6, 6.07) is 22.1. The van der Waals surface area contributed by atoms with E-state index in [0.29, 0.717) is 5.92 Å². The van der Waals surface area contributed by atoms with Crippen molar-refractivity contribution in [2.45, 2.75) is 23.6 Å². The molecule has 23 heavy (non-hydrogen) atoms. The largest absolute Gasteiger partial charge is 0.224 e. The minimum Gasteiger partial charge on any atom is -0.224 e. The Morgan fingerprint density at radius 3 is 1.35 bits per heavy atom. The Balaban J connectivity index is 2.48. The Bertz CT molecular complexity index is 555. The first kappa shape index (κ1) is 18.4. The van der Waals surface area contributed by atoms with Gasteiger partial charge in [0.15, 0.2) is 0 Å². The molecule has 0 amide bonds. The van der Waals surface area contributed by atoms with Crippen molar-refractivity contribution in [2.75, 3.05) is 31.6 Å². The summed E-state index contributed by atoms with van der Waals surface area (Å²) in [5, 5.41) is 0. The summed E-state index contributed by atoms with van der Waals surface area (Å²) in [6.07, 6.45) is 9.79. The van der Waals surface area contributed by atoms with E-state index in [9.17, 15) is 0 Å². The van der Waals surface area contributed by atoms with Crippen molar-refractivity contribution in [1.29, 1.82) is 0 Å². The van der Waals surface area contributed by atoms with Gasteiger partial charge in [-0.2, -0.15) is 20.4 Å². The van der Waals surface area contributed by atoms with E-state index in [4.69, 9.17) is 0 Å². The van der Waals surface area contributed by atoms with Crippen molar-refractivity contribution in [3.8, 4) is 0 Å². The average molecular weight is 350 g/mol. The van der Waals surface area contributed by atoms with E-state index >= 15 is 0 Å². The van der Waals surface area contributed by atoms with E-state index in [0.717, 1.165) is 6.54 Å². The molecule has 2 rings (SSSR count). The number of benzene rings is 2. The lowest BCUT2D eigenvalue weighted by atomic mass is 10.2. The van der Waals surface area contributed by atoms with E-state index < -0.39 is 20.4 Å². The second-order valence-electron chi connectivity index (χ2n) is 7.08. The van der Waals surface area contributed by atoms with Gasteiger partial charge in [-0.15, -0.1) is 0 Å². The van der Waals surface area contributed by atoms with E-state index in [1.165, 1.54) is 9.79 Å². The van der Waals surface area contributed by atoms with Gasteiger partial charge < -0.3 is 0 Å². The number of hydrogen-bond donors (Lipinski definition) is 0. The fourth-order valence-corrected chi connectivity index (χ4v) is 10.6. The van der Waals surface area contributed by atoms with Crippen LogP contribution in [0.5, 0.6) is 0 Å². The highest BCUT2D eigenvalue weighted by Crippen LogP contribution is 2.67. The molecule has 2 aromatic carbocycles. The van der Waals surface area contributed by atoms with E-state index in [-0.39, 0.29) is 0 Å². The third-order valence-corrected chi connectivity index (χ3v) is 11.6. The van der Waals surface area contributed by atoms with Gasteiger partial charge in [0, 0.05) is 16.3 Å². The zero-order valence-electron chi connectivity index (χ0n) is 15.3. The average Bonchev–Trinajstić information content (AvgIpc) is 2.54. The maximum Gasteiger partial charge on any atom is 0.0199 e. The molecule has 3 heteroatoms. The molecule has 0 N–H and O–H groups in total. The molecular weight excluding hydrogens is 318 g/mol. The highest BCUT2D eigenvalue weighted by Gasteiger charge is 2.34. The van der Waals surface area contributed by atoms with Gasteiger partial charge in [0.1, 0.15) is 0 Å². The second-order valence-corrected chi connectivity index (χ2v) is 14.2.